The molecule has 0 bridgehead atoms. The fourth-order valence-corrected chi connectivity index (χ4v) is 3.45. The Hall–Kier alpha value is -3.46. The molecule has 4 aromatic rings. The Morgan fingerprint density at radius 3 is 2.60 bits per heavy atom. The van der Waals surface area contributed by atoms with Crippen LogP contribution in [0.4, 0.5) is 5.82 Å². The average Bonchev–Trinajstić information content (AvgIpc) is 3.29. The van der Waals surface area contributed by atoms with Crippen molar-refractivity contribution in [2.45, 2.75) is 13.5 Å². The lowest BCUT2D eigenvalue weighted by atomic mass is 10.2. The van der Waals surface area contributed by atoms with Gasteiger partial charge in [-0.05, 0) is 47.1 Å². The molecule has 30 heavy (non-hydrogen) atoms. The van der Waals surface area contributed by atoms with Gasteiger partial charge < -0.3 is 19.0 Å². The lowest BCUT2D eigenvalue weighted by molar-refractivity contribution is 0.0529. The summed E-state index contributed by atoms with van der Waals surface area (Å²) in [5, 5.41) is 2.76. The number of para-hydroxylation sites is 2. The van der Waals surface area contributed by atoms with Gasteiger partial charge in [-0.1, -0.05) is 18.2 Å². The number of hydrogen-bond donors (Lipinski definition) is 1. The fraction of sp³-hybridized carbons (Fsp3) is 0.143. The van der Waals surface area contributed by atoms with Gasteiger partial charge in [0, 0.05) is 6.54 Å². The Kier molecular flexibility index (Phi) is 5.37. The Morgan fingerprint density at radius 1 is 1.23 bits per heavy atom. The summed E-state index contributed by atoms with van der Waals surface area (Å²) in [7, 11) is 0. The van der Waals surface area contributed by atoms with Crippen LogP contribution in [0.2, 0.25) is 0 Å². The van der Waals surface area contributed by atoms with Crippen molar-refractivity contribution < 1.29 is 18.7 Å². The van der Waals surface area contributed by atoms with Crippen LogP contribution < -0.4 is 5.32 Å². The van der Waals surface area contributed by atoms with Crippen molar-refractivity contribution in [2.24, 2.45) is 0 Å². The van der Waals surface area contributed by atoms with Crippen molar-refractivity contribution in [3.05, 3.63) is 65.0 Å². The number of halogens is 1. The molecule has 0 radical (unpaired) electrons. The molecule has 0 saturated heterocycles. The average molecular weight is 469 g/mol. The Balaban J connectivity index is 1.97. The zero-order chi connectivity index (χ0) is 21.3. The topological polar surface area (TPSA) is 99.3 Å². The van der Waals surface area contributed by atoms with E-state index >= 15 is 0 Å². The van der Waals surface area contributed by atoms with E-state index in [1.165, 1.54) is 6.07 Å². The molecule has 152 valence electrons. The van der Waals surface area contributed by atoms with E-state index in [2.05, 4.69) is 37.8 Å². The lowest BCUT2D eigenvalue weighted by Gasteiger charge is -2.10. The maximum atomic E-state index is 12.8. The van der Waals surface area contributed by atoms with E-state index in [4.69, 9.17) is 9.15 Å². The van der Waals surface area contributed by atoms with Gasteiger partial charge >= 0.3 is 5.97 Å². The number of rotatable bonds is 6. The largest absolute Gasteiger partial charge is 0.462 e. The van der Waals surface area contributed by atoms with Gasteiger partial charge in [0.2, 0.25) is 0 Å². The van der Waals surface area contributed by atoms with Gasteiger partial charge in [-0.15, -0.1) is 6.58 Å². The molecule has 1 aromatic carbocycles. The molecule has 9 heteroatoms. The molecule has 4 rings (SSSR count). The van der Waals surface area contributed by atoms with E-state index in [1.807, 2.05) is 18.2 Å². The van der Waals surface area contributed by atoms with Crippen LogP contribution in [0.15, 0.2) is 58.1 Å². The summed E-state index contributed by atoms with van der Waals surface area (Å²) in [6.07, 6.45) is 1.64. The molecule has 3 aromatic heterocycles. The highest BCUT2D eigenvalue weighted by atomic mass is 79.9. The number of aromatic nitrogens is 3. The number of furan rings is 1. The Morgan fingerprint density at radius 2 is 1.97 bits per heavy atom. The van der Waals surface area contributed by atoms with E-state index in [1.54, 1.807) is 29.7 Å². The standard InChI is InChI=1S/C21H17BrN4O4/c1-3-11-26-18(25-20(27)14-9-10-15(22)30-14)16(21(28)29-4-2)17-19(26)24-13-8-6-5-7-12(13)23-17/h3,5-10H,1,4,11H2,2H3,(H,25,27). The SMILES string of the molecule is C=CCn1c(NC(=O)c2ccc(Br)o2)c(C(=O)OCC)c2nc3ccccc3nc21. The number of anilines is 1. The first-order valence-electron chi connectivity index (χ1n) is 9.17. The van der Waals surface area contributed by atoms with Gasteiger partial charge in [-0.2, -0.15) is 0 Å². The predicted molar refractivity (Wildman–Crippen MR) is 116 cm³/mol. The van der Waals surface area contributed by atoms with Gasteiger partial charge in [0.1, 0.15) is 16.9 Å². The molecule has 0 unspecified atom stereocenters. The van der Waals surface area contributed by atoms with Crippen LogP contribution in [0, 0.1) is 0 Å². The van der Waals surface area contributed by atoms with Crippen LogP contribution >= 0.6 is 15.9 Å². The smallest absolute Gasteiger partial charge is 0.344 e. The molecular formula is C21H17BrN4O4. The Bertz CT molecular complexity index is 1290. The molecule has 8 nitrogen and oxygen atoms in total. The van der Waals surface area contributed by atoms with Crippen LogP contribution in [0.25, 0.3) is 22.2 Å². The number of allylic oxidation sites excluding steroid dienone is 1. The third-order valence-electron chi connectivity index (χ3n) is 4.37. The summed E-state index contributed by atoms with van der Waals surface area (Å²) in [4.78, 5) is 34.9. The Labute approximate surface area is 179 Å². The minimum atomic E-state index is -0.606. The highest BCUT2D eigenvalue weighted by Gasteiger charge is 2.28. The normalized spacial score (nSPS) is 11.0. The highest BCUT2D eigenvalue weighted by Crippen LogP contribution is 2.31. The van der Waals surface area contributed by atoms with E-state index in [0.29, 0.717) is 33.4 Å². The van der Waals surface area contributed by atoms with Crippen molar-refractivity contribution in [1.29, 1.82) is 0 Å². The van der Waals surface area contributed by atoms with Gasteiger partial charge in [0.15, 0.2) is 16.1 Å². The van der Waals surface area contributed by atoms with E-state index in [0.717, 1.165) is 0 Å². The first-order valence-corrected chi connectivity index (χ1v) is 9.96. The molecule has 1 N–H and O–H groups in total. The van der Waals surface area contributed by atoms with E-state index in [9.17, 15) is 9.59 Å². The van der Waals surface area contributed by atoms with Crippen LogP contribution in [-0.2, 0) is 11.3 Å². The molecule has 1 amide bonds. The monoisotopic (exact) mass is 468 g/mol. The molecule has 0 spiro atoms. The van der Waals surface area contributed by atoms with Gasteiger partial charge in [-0.25, -0.2) is 14.8 Å². The summed E-state index contributed by atoms with van der Waals surface area (Å²) >= 11 is 3.18. The second-order valence-corrected chi connectivity index (χ2v) is 7.07. The summed E-state index contributed by atoms with van der Waals surface area (Å²) in [6, 6.07) is 10.5. The van der Waals surface area contributed by atoms with Crippen molar-refractivity contribution >= 4 is 55.8 Å². The van der Waals surface area contributed by atoms with Crippen molar-refractivity contribution in [2.75, 3.05) is 11.9 Å². The van der Waals surface area contributed by atoms with Gasteiger partial charge in [-0.3, -0.25) is 4.79 Å². The molecule has 0 aliphatic rings. The third-order valence-corrected chi connectivity index (χ3v) is 4.80. The third kappa shape index (κ3) is 3.48. The van der Waals surface area contributed by atoms with Crippen LogP contribution in [0.1, 0.15) is 27.8 Å². The molecule has 3 heterocycles. The number of nitrogens with one attached hydrogen (secondary N) is 1. The maximum absolute atomic E-state index is 12.8. The quantitative estimate of drug-likeness (QED) is 0.329. The molecule has 0 fully saturated rings. The number of nitrogens with zero attached hydrogens (tertiary/aromatic N) is 3. The fourth-order valence-electron chi connectivity index (χ4n) is 3.14. The van der Waals surface area contributed by atoms with Gasteiger partial charge in [0.05, 0.1) is 17.6 Å². The first kappa shape index (κ1) is 19.8. The van der Waals surface area contributed by atoms with Gasteiger partial charge in [0.25, 0.3) is 5.91 Å². The number of ether oxygens (including phenoxy) is 1. The van der Waals surface area contributed by atoms with E-state index < -0.39 is 11.9 Å². The molecule has 0 aliphatic heterocycles. The summed E-state index contributed by atoms with van der Waals surface area (Å²) < 4.78 is 12.7. The molecule has 0 atom stereocenters. The minimum absolute atomic E-state index is 0.0816. The molecule has 0 saturated carbocycles. The van der Waals surface area contributed by atoms with Crippen molar-refractivity contribution in [1.82, 2.24) is 14.5 Å². The summed E-state index contributed by atoms with van der Waals surface area (Å²) in [5.74, 6) is -0.830. The summed E-state index contributed by atoms with van der Waals surface area (Å²) in [6.45, 7) is 5.95. The van der Waals surface area contributed by atoms with Crippen LogP contribution in [0.5, 0.6) is 0 Å². The zero-order valence-corrected chi connectivity index (χ0v) is 17.6. The number of amides is 1. The molecule has 0 aliphatic carbocycles. The second-order valence-electron chi connectivity index (χ2n) is 6.29. The predicted octanol–water partition coefficient (Wildman–Crippen LogP) is 4.56. The van der Waals surface area contributed by atoms with Crippen molar-refractivity contribution in [3.8, 4) is 0 Å². The zero-order valence-electron chi connectivity index (χ0n) is 16.0. The van der Waals surface area contributed by atoms with Crippen molar-refractivity contribution in [3.63, 3.8) is 0 Å². The number of fused-ring (bicyclic) bond motifs is 2. The van der Waals surface area contributed by atoms with E-state index in [-0.39, 0.29) is 23.7 Å². The number of carbonyl (C=O) groups is 2. The minimum Gasteiger partial charge on any atom is -0.462 e. The van der Waals surface area contributed by atoms with Crippen LogP contribution in [0.3, 0.4) is 0 Å². The first-order chi connectivity index (χ1) is 14.5. The number of benzene rings is 1. The number of carbonyl (C=O) groups excluding carboxylic acids is 2. The highest BCUT2D eigenvalue weighted by molar-refractivity contribution is 9.10. The number of hydrogen-bond acceptors (Lipinski definition) is 6. The summed E-state index contributed by atoms with van der Waals surface area (Å²) in [5.41, 5.74) is 2.19. The maximum Gasteiger partial charge on any atom is 0.344 e. The second kappa shape index (κ2) is 8.11. The molecular weight excluding hydrogens is 452 g/mol. The lowest BCUT2D eigenvalue weighted by Crippen LogP contribution is -2.17. The number of esters is 1. The van der Waals surface area contributed by atoms with Crippen LogP contribution in [-0.4, -0.2) is 33.0 Å².